The van der Waals surface area contributed by atoms with Gasteiger partial charge in [0.05, 0.1) is 0 Å². The van der Waals surface area contributed by atoms with Crippen molar-refractivity contribution in [3.05, 3.63) is 71.3 Å². The zero-order chi connectivity index (χ0) is 18.4. The summed E-state index contributed by atoms with van der Waals surface area (Å²) in [6, 6.07) is 16.3. The Hall–Kier alpha value is -2.59. The first kappa shape index (κ1) is 18.2. The summed E-state index contributed by atoms with van der Waals surface area (Å²) in [7, 11) is 0. The van der Waals surface area contributed by atoms with E-state index in [4.69, 9.17) is 0 Å². The Morgan fingerprint density at radius 1 is 1.00 bits per heavy atom. The van der Waals surface area contributed by atoms with E-state index < -0.39 is 0 Å². The van der Waals surface area contributed by atoms with Crippen LogP contribution in [0.2, 0.25) is 0 Å². The lowest BCUT2D eigenvalue weighted by atomic mass is 10.1. The van der Waals surface area contributed by atoms with Crippen molar-refractivity contribution in [1.82, 2.24) is 9.80 Å². The van der Waals surface area contributed by atoms with E-state index in [2.05, 4.69) is 47.5 Å². The standard InChI is InChI=1S/C22H27N3O/c1-18-8-6-12-21(19(18)2)23-22(26)25-16-14-24(15-17-25)13-7-11-20-9-4-3-5-10-20/h3-12H,13-17H2,1-2H3,(H,23,26)/b11-7+. The molecule has 4 heteroatoms. The molecule has 2 amide bonds. The number of carbonyl (C=O) groups excluding carboxylic acids is 1. The van der Waals surface area contributed by atoms with Crippen molar-refractivity contribution in [2.75, 3.05) is 38.0 Å². The van der Waals surface area contributed by atoms with E-state index in [9.17, 15) is 4.79 Å². The number of urea groups is 1. The van der Waals surface area contributed by atoms with Gasteiger partial charge in [-0.15, -0.1) is 0 Å². The quantitative estimate of drug-likeness (QED) is 0.899. The third kappa shape index (κ3) is 4.73. The molecule has 1 heterocycles. The van der Waals surface area contributed by atoms with Crippen LogP contribution in [0.25, 0.3) is 6.08 Å². The number of piperazine rings is 1. The largest absolute Gasteiger partial charge is 0.322 e. The van der Waals surface area contributed by atoms with E-state index in [1.807, 2.05) is 42.2 Å². The Bertz CT molecular complexity index is 762. The summed E-state index contributed by atoms with van der Waals surface area (Å²) in [5.41, 5.74) is 4.45. The molecule has 1 N–H and O–H groups in total. The van der Waals surface area contributed by atoms with Crippen LogP contribution in [0.1, 0.15) is 16.7 Å². The molecule has 3 rings (SSSR count). The molecule has 0 aromatic heterocycles. The molecule has 0 unspecified atom stereocenters. The highest BCUT2D eigenvalue weighted by molar-refractivity contribution is 5.90. The van der Waals surface area contributed by atoms with Gasteiger partial charge in [-0.05, 0) is 36.6 Å². The van der Waals surface area contributed by atoms with Gasteiger partial charge in [-0.2, -0.15) is 0 Å². The van der Waals surface area contributed by atoms with Gasteiger partial charge in [0.1, 0.15) is 0 Å². The van der Waals surface area contributed by atoms with Crippen LogP contribution >= 0.6 is 0 Å². The normalized spacial score (nSPS) is 15.4. The number of hydrogen-bond acceptors (Lipinski definition) is 2. The number of carbonyl (C=O) groups is 1. The first-order chi connectivity index (χ1) is 12.6. The van der Waals surface area contributed by atoms with Gasteiger partial charge in [-0.25, -0.2) is 4.79 Å². The molecule has 0 bridgehead atoms. The maximum Gasteiger partial charge on any atom is 0.321 e. The Kier molecular flexibility index (Phi) is 6.08. The van der Waals surface area contributed by atoms with Gasteiger partial charge in [-0.1, -0.05) is 54.6 Å². The van der Waals surface area contributed by atoms with Gasteiger partial charge in [0.2, 0.25) is 0 Å². The molecule has 1 saturated heterocycles. The Morgan fingerprint density at radius 2 is 1.73 bits per heavy atom. The molecule has 0 saturated carbocycles. The van der Waals surface area contributed by atoms with E-state index in [1.165, 1.54) is 11.1 Å². The van der Waals surface area contributed by atoms with Crippen molar-refractivity contribution in [2.45, 2.75) is 13.8 Å². The van der Waals surface area contributed by atoms with Crippen molar-refractivity contribution < 1.29 is 4.79 Å². The number of nitrogens with zero attached hydrogens (tertiary/aromatic N) is 2. The van der Waals surface area contributed by atoms with Crippen LogP contribution in [0.4, 0.5) is 10.5 Å². The van der Waals surface area contributed by atoms with Crippen LogP contribution in [0, 0.1) is 13.8 Å². The first-order valence-corrected chi connectivity index (χ1v) is 9.19. The topological polar surface area (TPSA) is 35.6 Å². The zero-order valence-electron chi connectivity index (χ0n) is 15.6. The highest BCUT2D eigenvalue weighted by atomic mass is 16.2. The van der Waals surface area contributed by atoms with Gasteiger partial charge in [0.25, 0.3) is 0 Å². The van der Waals surface area contributed by atoms with Gasteiger partial charge in [0, 0.05) is 38.4 Å². The number of nitrogens with one attached hydrogen (secondary N) is 1. The van der Waals surface area contributed by atoms with E-state index in [1.54, 1.807) is 0 Å². The third-order valence-electron chi connectivity index (χ3n) is 4.98. The number of benzene rings is 2. The van der Waals surface area contributed by atoms with Gasteiger partial charge >= 0.3 is 6.03 Å². The maximum absolute atomic E-state index is 12.5. The fraction of sp³-hybridized carbons (Fsp3) is 0.318. The number of hydrogen-bond donors (Lipinski definition) is 1. The second-order valence-corrected chi connectivity index (χ2v) is 6.78. The Balaban J connectivity index is 1.46. The van der Waals surface area contributed by atoms with Crippen LogP contribution in [0.5, 0.6) is 0 Å². The molecule has 2 aromatic carbocycles. The summed E-state index contributed by atoms with van der Waals surface area (Å²) in [4.78, 5) is 16.8. The predicted molar refractivity (Wildman–Crippen MR) is 108 cm³/mol. The van der Waals surface area contributed by atoms with Crippen LogP contribution in [0.15, 0.2) is 54.6 Å². The van der Waals surface area contributed by atoms with Crippen molar-refractivity contribution >= 4 is 17.8 Å². The molecule has 26 heavy (non-hydrogen) atoms. The molecular weight excluding hydrogens is 322 g/mol. The fourth-order valence-electron chi connectivity index (χ4n) is 3.12. The van der Waals surface area contributed by atoms with Crippen molar-refractivity contribution in [2.24, 2.45) is 0 Å². The number of rotatable bonds is 4. The zero-order valence-corrected chi connectivity index (χ0v) is 15.6. The molecule has 0 aliphatic carbocycles. The average Bonchev–Trinajstić information content (AvgIpc) is 2.67. The molecule has 0 radical (unpaired) electrons. The van der Waals surface area contributed by atoms with E-state index in [0.717, 1.165) is 44.0 Å². The van der Waals surface area contributed by atoms with Crippen LogP contribution < -0.4 is 5.32 Å². The SMILES string of the molecule is Cc1cccc(NC(=O)N2CCN(C/C=C/c3ccccc3)CC2)c1C. The Morgan fingerprint density at radius 3 is 2.46 bits per heavy atom. The smallest absolute Gasteiger partial charge is 0.321 e. The van der Waals surface area contributed by atoms with E-state index >= 15 is 0 Å². The molecular formula is C22H27N3O. The summed E-state index contributed by atoms with van der Waals surface area (Å²) in [6.07, 6.45) is 4.35. The summed E-state index contributed by atoms with van der Waals surface area (Å²) < 4.78 is 0. The summed E-state index contributed by atoms with van der Waals surface area (Å²) in [5.74, 6) is 0. The lowest BCUT2D eigenvalue weighted by molar-refractivity contribution is 0.156. The lowest BCUT2D eigenvalue weighted by Gasteiger charge is -2.34. The van der Waals surface area contributed by atoms with Gasteiger partial charge in [-0.3, -0.25) is 4.90 Å². The minimum absolute atomic E-state index is 0.00169. The average molecular weight is 349 g/mol. The lowest BCUT2D eigenvalue weighted by Crippen LogP contribution is -2.50. The molecule has 2 aromatic rings. The second kappa shape index (κ2) is 8.68. The van der Waals surface area contributed by atoms with Crippen LogP contribution in [0.3, 0.4) is 0 Å². The summed E-state index contributed by atoms with van der Waals surface area (Å²) in [6.45, 7) is 8.35. The molecule has 1 fully saturated rings. The predicted octanol–water partition coefficient (Wildman–Crippen LogP) is 4.17. The minimum atomic E-state index is -0.00169. The molecule has 136 valence electrons. The van der Waals surface area contributed by atoms with Crippen molar-refractivity contribution in [3.63, 3.8) is 0 Å². The van der Waals surface area contributed by atoms with E-state index in [-0.39, 0.29) is 6.03 Å². The number of amides is 2. The monoisotopic (exact) mass is 349 g/mol. The summed E-state index contributed by atoms with van der Waals surface area (Å²) >= 11 is 0. The molecule has 4 nitrogen and oxygen atoms in total. The number of aryl methyl sites for hydroxylation is 1. The number of anilines is 1. The molecule has 1 aliphatic rings. The molecule has 0 atom stereocenters. The van der Waals surface area contributed by atoms with Crippen molar-refractivity contribution in [3.8, 4) is 0 Å². The van der Waals surface area contributed by atoms with E-state index in [0.29, 0.717) is 0 Å². The van der Waals surface area contributed by atoms with Crippen LogP contribution in [-0.2, 0) is 0 Å². The maximum atomic E-state index is 12.5. The minimum Gasteiger partial charge on any atom is -0.322 e. The fourth-order valence-corrected chi connectivity index (χ4v) is 3.12. The van der Waals surface area contributed by atoms with Gasteiger partial charge in [0.15, 0.2) is 0 Å². The van der Waals surface area contributed by atoms with Crippen LogP contribution in [-0.4, -0.2) is 48.6 Å². The summed E-state index contributed by atoms with van der Waals surface area (Å²) in [5, 5.41) is 3.05. The highest BCUT2D eigenvalue weighted by Gasteiger charge is 2.20. The molecule has 0 spiro atoms. The van der Waals surface area contributed by atoms with Gasteiger partial charge < -0.3 is 10.2 Å². The first-order valence-electron chi connectivity index (χ1n) is 9.19. The molecule has 1 aliphatic heterocycles. The third-order valence-corrected chi connectivity index (χ3v) is 4.98. The van der Waals surface area contributed by atoms with Crippen molar-refractivity contribution in [1.29, 1.82) is 0 Å². The highest BCUT2D eigenvalue weighted by Crippen LogP contribution is 2.18. The Labute approximate surface area is 156 Å². The second-order valence-electron chi connectivity index (χ2n) is 6.78.